The number of rotatable bonds is 7. The monoisotopic (exact) mass is 405 g/mol. The molecule has 146 valence electrons. The van der Waals surface area contributed by atoms with Crippen molar-refractivity contribution in [1.29, 1.82) is 0 Å². The number of carbonyl (C=O) groups is 1. The van der Waals surface area contributed by atoms with Gasteiger partial charge in [0.25, 0.3) is 5.91 Å². The minimum absolute atomic E-state index is 0.185. The number of aryl methyl sites for hydroxylation is 1. The molecule has 4 aromatic rings. The number of pyridine rings is 1. The van der Waals surface area contributed by atoms with Gasteiger partial charge in [0.2, 0.25) is 0 Å². The summed E-state index contributed by atoms with van der Waals surface area (Å²) in [5.74, 6) is 1.13. The summed E-state index contributed by atoms with van der Waals surface area (Å²) >= 11 is 1.59. The van der Waals surface area contributed by atoms with Gasteiger partial charge in [-0.15, -0.1) is 11.3 Å². The Balaban J connectivity index is 1.40. The van der Waals surface area contributed by atoms with Gasteiger partial charge in [0.1, 0.15) is 12.4 Å². The molecule has 8 heteroatoms. The van der Waals surface area contributed by atoms with E-state index in [1.807, 2.05) is 42.8 Å². The van der Waals surface area contributed by atoms with Gasteiger partial charge in [0.05, 0.1) is 10.7 Å². The van der Waals surface area contributed by atoms with E-state index in [0.717, 1.165) is 16.3 Å². The van der Waals surface area contributed by atoms with E-state index in [1.54, 1.807) is 46.6 Å². The molecule has 0 saturated carbocycles. The van der Waals surface area contributed by atoms with Crippen LogP contribution in [0.3, 0.4) is 0 Å². The van der Waals surface area contributed by atoms with Crippen molar-refractivity contribution in [1.82, 2.24) is 25.1 Å². The standard InChI is InChI=1S/C21H19N5O2S/c1-15-25-18(14-29-15)13-28-19-7-2-5-16(11-19)21(27)23-12-17-6-3-8-22-20(17)26-10-4-9-24-26/h2-11,14H,12-13H2,1H3,(H,23,27). The SMILES string of the molecule is Cc1nc(COc2cccc(C(=O)NCc3cccnc3-n3cccn3)c2)cs1. The Labute approximate surface area is 172 Å². The van der Waals surface area contributed by atoms with Crippen LogP contribution >= 0.6 is 11.3 Å². The smallest absolute Gasteiger partial charge is 0.251 e. The Bertz CT molecular complexity index is 1110. The maximum absolute atomic E-state index is 12.6. The number of thiazole rings is 1. The lowest BCUT2D eigenvalue weighted by molar-refractivity contribution is 0.0950. The maximum atomic E-state index is 12.6. The highest BCUT2D eigenvalue weighted by Gasteiger charge is 2.10. The van der Waals surface area contributed by atoms with Crippen LogP contribution in [0.25, 0.3) is 5.82 Å². The first kappa shape index (κ1) is 18.8. The molecular formula is C21H19N5O2S. The average Bonchev–Trinajstić information content (AvgIpc) is 3.43. The number of aromatic nitrogens is 4. The molecule has 7 nitrogen and oxygen atoms in total. The Hall–Kier alpha value is -3.52. The first-order valence-corrected chi connectivity index (χ1v) is 9.93. The lowest BCUT2D eigenvalue weighted by Crippen LogP contribution is -2.23. The molecule has 1 aromatic carbocycles. The second-order valence-electron chi connectivity index (χ2n) is 6.29. The van der Waals surface area contributed by atoms with E-state index in [0.29, 0.717) is 30.3 Å². The van der Waals surface area contributed by atoms with Gasteiger partial charge in [-0.05, 0) is 37.3 Å². The zero-order valence-electron chi connectivity index (χ0n) is 15.8. The molecule has 0 aliphatic rings. The third-order valence-electron chi connectivity index (χ3n) is 4.18. The molecule has 0 spiro atoms. The lowest BCUT2D eigenvalue weighted by atomic mass is 10.2. The van der Waals surface area contributed by atoms with E-state index in [2.05, 4.69) is 20.4 Å². The molecule has 0 bridgehead atoms. The van der Waals surface area contributed by atoms with E-state index in [9.17, 15) is 4.79 Å². The van der Waals surface area contributed by atoms with E-state index >= 15 is 0 Å². The molecule has 29 heavy (non-hydrogen) atoms. The largest absolute Gasteiger partial charge is 0.487 e. The number of ether oxygens (including phenoxy) is 1. The number of amides is 1. The molecule has 3 aromatic heterocycles. The van der Waals surface area contributed by atoms with Crippen molar-refractivity contribution in [2.45, 2.75) is 20.1 Å². The van der Waals surface area contributed by atoms with Gasteiger partial charge in [0.15, 0.2) is 5.82 Å². The number of benzene rings is 1. The number of carbonyl (C=O) groups excluding carboxylic acids is 1. The summed E-state index contributed by atoms with van der Waals surface area (Å²) in [6.07, 6.45) is 5.21. The third-order valence-corrected chi connectivity index (χ3v) is 5.00. The Morgan fingerprint density at radius 1 is 1.21 bits per heavy atom. The second-order valence-corrected chi connectivity index (χ2v) is 7.36. The van der Waals surface area contributed by atoms with Crippen LogP contribution in [0.1, 0.15) is 26.6 Å². The van der Waals surface area contributed by atoms with Crippen LogP contribution in [0.5, 0.6) is 5.75 Å². The topological polar surface area (TPSA) is 81.9 Å². The van der Waals surface area contributed by atoms with E-state index in [4.69, 9.17) is 4.74 Å². The summed E-state index contributed by atoms with van der Waals surface area (Å²) in [7, 11) is 0. The minimum atomic E-state index is -0.185. The zero-order valence-corrected chi connectivity index (χ0v) is 16.6. The molecule has 0 atom stereocenters. The molecule has 1 N–H and O–H groups in total. The molecule has 0 saturated heterocycles. The first-order valence-electron chi connectivity index (χ1n) is 9.05. The molecule has 1 amide bonds. The predicted octanol–water partition coefficient (Wildman–Crippen LogP) is 3.54. The van der Waals surface area contributed by atoms with Crippen LogP contribution in [0.4, 0.5) is 0 Å². The normalized spacial score (nSPS) is 10.7. The van der Waals surface area contributed by atoms with Crippen molar-refractivity contribution in [3.63, 3.8) is 0 Å². The fourth-order valence-corrected chi connectivity index (χ4v) is 3.40. The van der Waals surface area contributed by atoms with Crippen molar-refractivity contribution in [3.05, 3.63) is 88.3 Å². The molecule has 0 radical (unpaired) electrons. The fraction of sp³-hybridized carbons (Fsp3) is 0.143. The van der Waals surface area contributed by atoms with E-state index in [1.165, 1.54) is 0 Å². The predicted molar refractivity (Wildman–Crippen MR) is 110 cm³/mol. The van der Waals surface area contributed by atoms with Crippen molar-refractivity contribution >= 4 is 17.2 Å². The van der Waals surface area contributed by atoms with Crippen LogP contribution < -0.4 is 10.1 Å². The number of hydrogen-bond acceptors (Lipinski definition) is 6. The van der Waals surface area contributed by atoms with Crippen LogP contribution in [-0.4, -0.2) is 25.7 Å². The molecule has 0 fully saturated rings. The van der Waals surface area contributed by atoms with Crippen molar-refractivity contribution < 1.29 is 9.53 Å². The number of hydrogen-bond donors (Lipinski definition) is 1. The fourth-order valence-electron chi connectivity index (χ4n) is 2.81. The van der Waals surface area contributed by atoms with Gasteiger partial charge in [-0.2, -0.15) is 5.10 Å². The van der Waals surface area contributed by atoms with Gasteiger partial charge < -0.3 is 10.1 Å². The molecule has 4 rings (SSSR count). The van der Waals surface area contributed by atoms with E-state index < -0.39 is 0 Å². The zero-order chi connectivity index (χ0) is 20.1. The molecule has 3 heterocycles. The first-order chi connectivity index (χ1) is 14.2. The van der Waals surface area contributed by atoms with Gasteiger partial charge in [-0.1, -0.05) is 12.1 Å². The highest BCUT2D eigenvalue weighted by atomic mass is 32.1. The van der Waals surface area contributed by atoms with Gasteiger partial charge >= 0.3 is 0 Å². The Morgan fingerprint density at radius 3 is 2.93 bits per heavy atom. The highest BCUT2D eigenvalue weighted by Crippen LogP contribution is 2.17. The van der Waals surface area contributed by atoms with Crippen LogP contribution in [0.2, 0.25) is 0 Å². The van der Waals surface area contributed by atoms with Crippen LogP contribution in [0, 0.1) is 6.92 Å². The summed E-state index contributed by atoms with van der Waals surface area (Å²) in [4.78, 5) is 21.4. The Morgan fingerprint density at radius 2 is 2.14 bits per heavy atom. The van der Waals surface area contributed by atoms with Crippen LogP contribution in [-0.2, 0) is 13.2 Å². The second kappa shape index (κ2) is 8.66. The van der Waals surface area contributed by atoms with E-state index in [-0.39, 0.29) is 5.91 Å². The van der Waals surface area contributed by atoms with Crippen LogP contribution in [0.15, 0.2) is 66.4 Å². The van der Waals surface area contributed by atoms with Crippen molar-refractivity contribution in [2.75, 3.05) is 0 Å². The summed E-state index contributed by atoms with van der Waals surface area (Å²) in [6, 6.07) is 12.7. The summed E-state index contributed by atoms with van der Waals surface area (Å²) in [5, 5.41) is 10.1. The summed E-state index contributed by atoms with van der Waals surface area (Å²) in [5.41, 5.74) is 2.28. The Kier molecular flexibility index (Phi) is 5.62. The molecule has 0 unspecified atom stereocenters. The summed E-state index contributed by atoms with van der Waals surface area (Å²) < 4.78 is 7.45. The highest BCUT2D eigenvalue weighted by molar-refractivity contribution is 7.09. The molecular weight excluding hydrogens is 386 g/mol. The van der Waals surface area contributed by atoms with Gasteiger partial charge in [0, 0.05) is 41.6 Å². The van der Waals surface area contributed by atoms with Crippen molar-refractivity contribution in [2.24, 2.45) is 0 Å². The average molecular weight is 405 g/mol. The maximum Gasteiger partial charge on any atom is 0.251 e. The van der Waals surface area contributed by atoms with Gasteiger partial charge in [-0.25, -0.2) is 14.6 Å². The number of nitrogens with zero attached hydrogens (tertiary/aromatic N) is 4. The number of nitrogens with one attached hydrogen (secondary N) is 1. The van der Waals surface area contributed by atoms with Gasteiger partial charge in [-0.3, -0.25) is 4.79 Å². The third kappa shape index (κ3) is 4.67. The lowest BCUT2D eigenvalue weighted by Gasteiger charge is -2.10. The molecule has 0 aliphatic carbocycles. The quantitative estimate of drug-likeness (QED) is 0.509. The van der Waals surface area contributed by atoms with Crippen molar-refractivity contribution in [3.8, 4) is 11.6 Å². The summed E-state index contributed by atoms with van der Waals surface area (Å²) in [6.45, 7) is 2.67. The minimum Gasteiger partial charge on any atom is -0.487 e. The molecule has 0 aliphatic heterocycles.